The Bertz CT molecular complexity index is 1840. The van der Waals surface area contributed by atoms with Crippen LogP contribution in [0.25, 0.3) is 11.2 Å². The molecular formula is C36H42F4N8O4. The van der Waals surface area contributed by atoms with Gasteiger partial charge in [-0.25, -0.2) is 14.2 Å². The molecule has 3 heterocycles. The number of hydrogen-bond donors (Lipinski definition) is 4. The predicted octanol–water partition coefficient (Wildman–Crippen LogP) is 4.78. The molecular weight excluding hydrogens is 684 g/mol. The number of hydrogen-bond acceptors (Lipinski definition) is 10. The summed E-state index contributed by atoms with van der Waals surface area (Å²) < 4.78 is 60.4. The first kappa shape index (κ1) is 36.9. The number of carbonyl (C=O) groups is 2. The molecule has 12 nitrogen and oxygen atoms in total. The lowest BCUT2D eigenvalue weighted by Gasteiger charge is -2.25. The quantitative estimate of drug-likeness (QED) is 0.112. The van der Waals surface area contributed by atoms with E-state index in [1.165, 1.54) is 23.0 Å². The first-order valence-electron chi connectivity index (χ1n) is 17.5. The summed E-state index contributed by atoms with van der Waals surface area (Å²) in [7, 11) is 0. The monoisotopic (exact) mass is 726 g/mol. The lowest BCUT2D eigenvalue weighted by atomic mass is 9.91. The number of nitrogens with zero attached hydrogens (tertiary/aromatic N) is 5. The Labute approximate surface area is 298 Å². The molecule has 2 fully saturated rings. The smallest absolute Gasteiger partial charge is 0.451 e. The second-order valence-corrected chi connectivity index (χ2v) is 13.1. The van der Waals surface area contributed by atoms with Crippen molar-refractivity contribution in [3.8, 4) is 0 Å². The zero-order valence-electron chi connectivity index (χ0n) is 28.8. The van der Waals surface area contributed by atoms with Gasteiger partial charge in [0.05, 0.1) is 18.4 Å². The number of imidazole rings is 1. The minimum absolute atomic E-state index is 0.0715. The highest BCUT2D eigenvalue weighted by molar-refractivity contribution is 5.84. The number of ether oxygens (including phenoxy) is 1. The third kappa shape index (κ3) is 8.12. The van der Waals surface area contributed by atoms with E-state index in [1.54, 1.807) is 19.1 Å². The summed E-state index contributed by atoms with van der Waals surface area (Å²) in [5, 5.41) is 20.5. The highest BCUT2D eigenvalue weighted by Crippen LogP contribution is 2.38. The van der Waals surface area contributed by atoms with Gasteiger partial charge in [0.15, 0.2) is 23.1 Å². The number of alkyl halides is 3. The third-order valence-corrected chi connectivity index (χ3v) is 9.89. The Morgan fingerprint density at radius 3 is 2.46 bits per heavy atom. The van der Waals surface area contributed by atoms with E-state index in [1.807, 2.05) is 30.3 Å². The summed E-state index contributed by atoms with van der Waals surface area (Å²) >= 11 is 0. The molecule has 2 aliphatic rings. The number of halogens is 4. The predicted molar refractivity (Wildman–Crippen MR) is 185 cm³/mol. The number of aromatic nitrogens is 4. The molecule has 1 unspecified atom stereocenters. The molecule has 6 atom stereocenters. The van der Waals surface area contributed by atoms with Crippen LogP contribution < -0.4 is 16.0 Å². The van der Waals surface area contributed by atoms with Gasteiger partial charge in [-0.05, 0) is 55.6 Å². The van der Waals surface area contributed by atoms with E-state index in [2.05, 4.69) is 32.8 Å². The number of benzene rings is 2. The molecule has 278 valence electrons. The minimum Gasteiger partial charge on any atom is -0.451 e. The van der Waals surface area contributed by atoms with Crippen molar-refractivity contribution in [1.82, 2.24) is 29.7 Å². The molecule has 1 saturated carbocycles. The van der Waals surface area contributed by atoms with Gasteiger partial charge >= 0.3 is 12.1 Å². The molecule has 0 bridgehead atoms. The first-order valence-corrected chi connectivity index (χ1v) is 17.5. The van der Waals surface area contributed by atoms with Crippen LogP contribution in [0.1, 0.15) is 62.6 Å². The fraction of sp³-hybridized carbons (Fsp3) is 0.472. The van der Waals surface area contributed by atoms with Gasteiger partial charge < -0.3 is 30.4 Å². The molecule has 16 heteroatoms. The van der Waals surface area contributed by atoms with Crippen molar-refractivity contribution in [3.63, 3.8) is 0 Å². The topological polar surface area (TPSA) is 147 Å². The third-order valence-electron chi connectivity index (χ3n) is 9.89. The summed E-state index contributed by atoms with van der Waals surface area (Å²) in [5.41, 5.74) is 2.31. The number of carbonyl (C=O) groups excluding carboxylic acids is 2. The summed E-state index contributed by atoms with van der Waals surface area (Å²) in [6.45, 7) is 6.40. The number of esters is 1. The number of rotatable bonds is 13. The van der Waals surface area contributed by atoms with Crippen LogP contribution in [-0.4, -0.2) is 98.0 Å². The summed E-state index contributed by atoms with van der Waals surface area (Å²) in [4.78, 5) is 40.8. The van der Waals surface area contributed by atoms with Gasteiger partial charge in [0.2, 0.25) is 11.9 Å². The second kappa shape index (κ2) is 15.8. The van der Waals surface area contributed by atoms with E-state index in [4.69, 9.17) is 14.7 Å². The van der Waals surface area contributed by atoms with Crippen molar-refractivity contribution < 1.29 is 37.0 Å². The van der Waals surface area contributed by atoms with Crippen LogP contribution in [0.2, 0.25) is 0 Å². The molecule has 2 aromatic heterocycles. The zero-order chi connectivity index (χ0) is 37.0. The molecule has 1 aliphatic carbocycles. The molecule has 2 aromatic carbocycles. The van der Waals surface area contributed by atoms with E-state index in [0.29, 0.717) is 18.9 Å². The van der Waals surface area contributed by atoms with Crippen molar-refractivity contribution in [2.24, 2.45) is 0 Å². The molecule has 0 radical (unpaired) electrons. The Balaban J connectivity index is 1.38. The normalized spacial score (nSPS) is 22.7. The molecule has 0 spiro atoms. The fourth-order valence-corrected chi connectivity index (χ4v) is 7.17. The van der Waals surface area contributed by atoms with Crippen LogP contribution >= 0.6 is 0 Å². The number of nitrogens with one attached hydrogen (secondary N) is 3. The Morgan fingerprint density at radius 2 is 1.77 bits per heavy atom. The number of likely N-dealkylation sites (N-methyl/N-ethyl adjacent to an activating group) is 1. The van der Waals surface area contributed by atoms with Gasteiger partial charge in [0.1, 0.15) is 11.9 Å². The maximum atomic E-state index is 13.9. The second-order valence-electron chi connectivity index (χ2n) is 13.1. The van der Waals surface area contributed by atoms with Gasteiger partial charge in [0, 0.05) is 31.5 Å². The first-order chi connectivity index (χ1) is 25.0. The van der Waals surface area contributed by atoms with Gasteiger partial charge in [-0.15, -0.1) is 0 Å². The van der Waals surface area contributed by atoms with Crippen LogP contribution in [0.4, 0.5) is 29.3 Å². The maximum absolute atomic E-state index is 13.9. The Morgan fingerprint density at radius 1 is 1.04 bits per heavy atom. The van der Waals surface area contributed by atoms with Crippen molar-refractivity contribution in [1.29, 1.82) is 0 Å². The van der Waals surface area contributed by atoms with Gasteiger partial charge in [-0.3, -0.25) is 9.69 Å². The van der Waals surface area contributed by atoms with Gasteiger partial charge in [-0.1, -0.05) is 56.3 Å². The Kier molecular flexibility index (Phi) is 11.2. The molecule has 1 aliphatic heterocycles. The molecule has 6 rings (SSSR count). The number of fused-ring (bicyclic) bond motifs is 1. The lowest BCUT2D eigenvalue weighted by molar-refractivity contribution is -0.209. The molecule has 52 heavy (non-hydrogen) atoms. The summed E-state index contributed by atoms with van der Waals surface area (Å²) in [5.74, 6) is -2.93. The average Bonchev–Trinajstić information content (AvgIpc) is 3.85. The zero-order valence-corrected chi connectivity index (χ0v) is 28.8. The van der Waals surface area contributed by atoms with Crippen molar-refractivity contribution in [3.05, 3.63) is 77.9 Å². The molecule has 1 saturated heterocycles. The van der Waals surface area contributed by atoms with Crippen molar-refractivity contribution in [2.75, 3.05) is 36.8 Å². The van der Waals surface area contributed by atoms with E-state index in [-0.39, 0.29) is 47.7 Å². The number of aliphatic hydroxyl groups is 1. The summed E-state index contributed by atoms with van der Waals surface area (Å²) in [6, 6.07) is 14.0. The van der Waals surface area contributed by atoms with Crippen molar-refractivity contribution in [2.45, 2.75) is 82.0 Å². The van der Waals surface area contributed by atoms with Crippen LogP contribution in [0.5, 0.6) is 0 Å². The number of anilines is 2. The molecule has 4 N–H and O–H groups in total. The summed E-state index contributed by atoms with van der Waals surface area (Å²) in [6.07, 6.45) is -5.24. The minimum atomic E-state index is -5.31. The van der Waals surface area contributed by atoms with Gasteiger partial charge in [0.25, 0.3) is 0 Å². The number of amides is 1. The van der Waals surface area contributed by atoms with Crippen LogP contribution in [0.3, 0.4) is 0 Å². The largest absolute Gasteiger partial charge is 0.490 e. The van der Waals surface area contributed by atoms with E-state index in [9.17, 15) is 32.3 Å². The highest BCUT2D eigenvalue weighted by atomic mass is 19.4. The van der Waals surface area contributed by atoms with Gasteiger partial charge in [-0.2, -0.15) is 23.1 Å². The maximum Gasteiger partial charge on any atom is 0.490 e. The van der Waals surface area contributed by atoms with Crippen LogP contribution in [-0.2, 0) is 14.3 Å². The van der Waals surface area contributed by atoms with E-state index < -0.39 is 42.3 Å². The van der Waals surface area contributed by atoms with Crippen molar-refractivity contribution >= 4 is 34.8 Å². The lowest BCUT2D eigenvalue weighted by Crippen LogP contribution is -2.45. The molecule has 1 amide bonds. The Hall–Kier alpha value is -4.83. The fourth-order valence-electron chi connectivity index (χ4n) is 7.17. The SMILES string of the molecule is CCC(=O)N[C@H]1C[C@@H](n2cnc3c(NCC(c4ccccc4)c4ccc(F)cc4)nc(NC[C@H]4CCCN4CC)nc32)[C@H](OC(=O)C(F)(F)F)[C@@H]1O. The average molecular weight is 727 g/mol. The number of likely N-dealkylation sites (tertiary alicyclic amines) is 1. The highest BCUT2D eigenvalue weighted by Gasteiger charge is 2.51. The standard InChI is InChI=1S/C36H42F4N8O4/c1-3-28(49)44-26-17-27(31(30(26)50)52-34(51)36(38,39)40)48-20-43-29-32(45-35(46-33(29)48)42-18-24-11-8-16-47(24)4-2)41-19-25(21-9-6-5-7-10-21)22-12-14-23(37)15-13-22/h5-7,9-10,12-15,20,24-27,30-31,50H,3-4,8,11,16-19H2,1-2H3,(H,44,49)(H2,41,42,45,46)/t24-,25?,26+,27-,30-,31+/m1/s1. The van der Waals surface area contributed by atoms with Crippen LogP contribution in [0.15, 0.2) is 60.9 Å². The van der Waals surface area contributed by atoms with Crippen LogP contribution in [0, 0.1) is 5.82 Å². The number of aliphatic hydroxyl groups excluding tert-OH is 1. The van der Waals surface area contributed by atoms with E-state index in [0.717, 1.165) is 37.1 Å². The molecule has 4 aromatic rings. The van der Waals surface area contributed by atoms with E-state index >= 15 is 0 Å².